The van der Waals surface area contributed by atoms with Gasteiger partial charge in [0.2, 0.25) is 0 Å². The van der Waals surface area contributed by atoms with Crippen LogP contribution in [0.1, 0.15) is 24.1 Å². The van der Waals surface area contributed by atoms with E-state index in [-0.39, 0.29) is 0 Å². The first-order valence-electron chi connectivity index (χ1n) is 5.49. The Hall–Kier alpha value is -1.56. The number of carbonyl (C=O) groups is 1. The molecule has 0 radical (unpaired) electrons. The Morgan fingerprint density at radius 2 is 2.53 bits per heavy atom. The van der Waals surface area contributed by atoms with Gasteiger partial charge in [-0.25, -0.2) is 4.79 Å². The second-order valence-corrected chi connectivity index (χ2v) is 4.74. The monoisotopic (exact) mass is 254 g/mol. The minimum atomic E-state index is -1.24. The van der Waals surface area contributed by atoms with Gasteiger partial charge in [-0.1, -0.05) is 6.07 Å². The summed E-state index contributed by atoms with van der Waals surface area (Å²) in [5.74, 6) is 0. The molecule has 1 aromatic heterocycles. The number of rotatable bonds is 3. The second kappa shape index (κ2) is 5.67. The molecule has 0 saturated carbocycles. The van der Waals surface area contributed by atoms with E-state index >= 15 is 0 Å². The topological polar surface area (TPSA) is 62.1 Å². The van der Waals surface area contributed by atoms with Gasteiger partial charge in [-0.2, -0.15) is 5.10 Å². The fraction of sp³-hybridized carbons (Fsp3) is 0.455. The molecule has 0 amide bonds. The van der Waals surface area contributed by atoms with Crippen molar-refractivity contribution in [2.24, 2.45) is 5.10 Å². The maximum absolute atomic E-state index is 10.5. The third kappa shape index (κ3) is 3.45. The van der Waals surface area contributed by atoms with Crippen LogP contribution in [0.5, 0.6) is 0 Å². The number of hydrogen-bond acceptors (Lipinski definition) is 5. The van der Waals surface area contributed by atoms with E-state index in [0.29, 0.717) is 6.42 Å². The predicted molar refractivity (Wildman–Crippen MR) is 65.4 cm³/mol. The number of ether oxygens (including phenoxy) is 1. The number of piperidine rings is 1. The molecular weight excluding hydrogens is 240 g/mol. The first kappa shape index (κ1) is 11.9. The van der Waals surface area contributed by atoms with Crippen LogP contribution in [0, 0.1) is 0 Å². The molecule has 1 aliphatic heterocycles. The Labute approximate surface area is 103 Å². The largest absolute Gasteiger partial charge is 0.507 e. The Balaban J connectivity index is 1.98. The molecule has 17 heavy (non-hydrogen) atoms. The summed E-state index contributed by atoms with van der Waals surface area (Å²) in [4.78, 5) is 11.6. The SMILES string of the molecule is O=C(O)OC1CCCCN1/N=C/c1cccs1. The smallest absolute Gasteiger partial charge is 0.450 e. The van der Waals surface area contributed by atoms with E-state index in [9.17, 15) is 4.79 Å². The van der Waals surface area contributed by atoms with Crippen molar-refractivity contribution >= 4 is 23.7 Å². The summed E-state index contributed by atoms with van der Waals surface area (Å²) >= 11 is 1.59. The van der Waals surface area contributed by atoms with Gasteiger partial charge in [0.25, 0.3) is 0 Å². The summed E-state index contributed by atoms with van der Waals surface area (Å²) in [6, 6.07) is 3.92. The van der Waals surface area contributed by atoms with Crippen LogP contribution in [0.2, 0.25) is 0 Å². The number of hydrazone groups is 1. The van der Waals surface area contributed by atoms with Gasteiger partial charge in [0.15, 0.2) is 6.23 Å². The molecule has 0 aromatic carbocycles. The minimum Gasteiger partial charge on any atom is -0.450 e. The Morgan fingerprint density at radius 1 is 1.65 bits per heavy atom. The maximum Gasteiger partial charge on any atom is 0.507 e. The first-order valence-corrected chi connectivity index (χ1v) is 6.37. The molecule has 5 nitrogen and oxygen atoms in total. The van der Waals surface area contributed by atoms with Crippen molar-refractivity contribution in [3.8, 4) is 0 Å². The van der Waals surface area contributed by atoms with Crippen LogP contribution in [0.15, 0.2) is 22.6 Å². The maximum atomic E-state index is 10.5. The van der Waals surface area contributed by atoms with E-state index in [1.165, 1.54) is 0 Å². The molecular formula is C11H14N2O3S. The Bertz CT molecular complexity index is 391. The molecule has 1 unspecified atom stereocenters. The molecule has 0 aliphatic carbocycles. The summed E-state index contributed by atoms with van der Waals surface area (Å²) in [5, 5.41) is 16.6. The number of carboxylic acid groups (broad SMARTS) is 1. The van der Waals surface area contributed by atoms with Gasteiger partial charge >= 0.3 is 6.16 Å². The normalized spacial score (nSPS) is 20.7. The van der Waals surface area contributed by atoms with E-state index in [1.54, 1.807) is 22.6 Å². The minimum absolute atomic E-state index is 0.447. The third-order valence-electron chi connectivity index (χ3n) is 2.53. The molecule has 1 saturated heterocycles. The van der Waals surface area contributed by atoms with Gasteiger partial charge in [0.05, 0.1) is 6.21 Å². The van der Waals surface area contributed by atoms with Crippen molar-refractivity contribution in [3.05, 3.63) is 22.4 Å². The van der Waals surface area contributed by atoms with E-state index in [0.717, 1.165) is 24.3 Å². The molecule has 1 N–H and O–H groups in total. The van der Waals surface area contributed by atoms with Crippen LogP contribution < -0.4 is 0 Å². The van der Waals surface area contributed by atoms with Crippen LogP contribution in [-0.4, -0.2) is 35.3 Å². The first-order chi connectivity index (χ1) is 8.25. The van der Waals surface area contributed by atoms with Crippen LogP contribution in [-0.2, 0) is 4.74 Å². The highest BCUT2D eigenvalue weighted by Gasteiger charge is 2.24. The molecule has 1 fully saturated rings. The molecule has 6 heteroatoms. The lowest BCUT2D eigenvalue weighted by Gasteiger charge is -2.31. The summed E-state index contributed by atoms with van der Waals surface area (Å²) < 4.78 is 4.81. The highest BCUT2D eigenvalue weighted by molar-refractivity contribution is 7.11. The van der Waals surface area contributed by atoms with Crippen LogP contribution in [0.25, 0.3) is 0 Å². The lowest BCUT2D eigenvalue weighted by molar-refractivity contribution is -0.0538. The fourth-order valence-electron chi connectivity index (χ4n) is 1.75. The molecule has 1 aliphatic rings. The van der Waals surface area contributed by atoms with Gasteiger partial charge in [-0.15, -0.1) is 11.3 Å². The molecule has 0 spiro atoms. The standard InChI is InChI=1S/C11H14N2O3S/c14-11(15)16-10-5-1-2-6-13(10)12-8-9-4-3-7-17-9/h3-4,7-8,10H,1-2,5-6H2,(H,14,15)/b12-8+. The Morgan fingerprint density at radius 3 is 3.24 bits per heavy atom. The number of hydrogen-bond donors (Lipinski definition) is 1. The zero-order valence-electron chi connectivity index (χ0n) is 9.28. The molecule has 1 atom stereocenters. The summed E-state index contributed by atoms with van der Waals surface area (Å²) in [7, 11) is 0. The van der Waals surface area contributed by atoms with Crippen molar-refractivity contribution in [2.75, 3.05) is 6.54 Å². The van der Waals surface area contributed by atoms with Crippen molar-refractivity contribution in [1.29, 1.82) is 0 Å². The predicted octanol–water partition coefficient (Wildman–Crippen LogP) is 2.59. The molecule has 92 valence electrons. The van der Waals surface area contributed by atoms with E-state index in [2.05, 4.69) is 5.10 Å². The zero-order valence-corrected chi connectivity index (χ0v) is 10.1. The lowest BCUT2D eigenvalue weighted by atomic mass is 10.1. The van der Waals surface area contributed by atoms with Crippen molar-refractivity contribution in [2.45, 2.75) is 25.5 Å². The second-order valence-electron chi connectivity index (χ2n) is 3.76. The van der Waals surface area contributed by atoms with Crippen LogP contribution in [0.4, 0.5) is 4.79 Å². The van der Waals surface area contributed by atoms with Crippen LogP contribution >= 0.6 is 11.3 Å². The molecule has 1 aromatic rings. The van der Waals surface area contributed by atoms with E-state index < -0.39 is 12.4 Å². The zero-order chi connectivity index (χ0) is 12.1. The third-order valence-corrected chi connectivity index (χ3v) is 3.34. The van der Waals surface area contributed by atoms with Gasteiger partial charge in [-0.05, 0) is 24.3 Å². The molecule has 0 bridgehead atoms. The number of thiophene rings is 1. The molecule has 2 rings (SSSR count). The van der Waals surface area contributed by atoms with Crippen molar-refractivity contribution < 1.29 is 14.6 Å². The van der Waals surface area contributed by atoms with E-state index in [4.69, 9.17) is 9.84 Å². The van der Waals surface area contributed by atoms with Crippen molar-refractivity contribution in [3.63, 3.8) is 0 Å². The average molecular weight is 254 g/mol. The van der Waals surface area contributed by atoms with Gasteiger partial charge in [0.1, 0.15) is 0 Å². The fourth-order valence-corrected chi connectivity index (χ4v) is 2.33. The highest BCUT2D eigenvalue weighted by atomic mass is 32.1. The quantitative estimate of drug-likeness (QED) is 0.665. The summed E-state index contributed by atoms with van der Waals surface area (Å²) in [6.07, 6.45) is 2.75. The summed E-state index contributed by atoms with van der Waals surface area (Å²) in [5.41, 5.74) is 0. The highest BCUT2D eigenvalue weighted by Crippen LogP contribution is 2.18. The van der Waals surface area contributed by atoms with Gasteiger partial charge < -0.3 is 9.84 Å². The lowest BCUT2D eigenvalue weighted by Crippen LogP contribution is -2.38. The average Bonchev–Trinajstić information content (AvgIpc) is 2.80. The molecule has 2 heterocycles. The van der Waals surface area contributed by atoms with Gasteiger partial charge in [-0.3, -0.25) is 5.01 Å². The number of nitrogens with zero attached hydrogens (tertiary/aromatic N) is 2. The Kier molecular flexibility index (Phi) is 3.98. The summed E-state index contributed by atoms with van der Waals surface area (Å²) in [6.45, 7) is 0.736. The van der Waals surface area contributed by atoms with Gasteiger partial charge in [0, 0.05) is 17.8 Å². The van der Waals surface area contributed by atoms with Crippen LogP contribution in [0.3, 0.4) is 0 Å². The van der Waals surface area contributed by atoms with Crippen molar-refractivity contribution in [1.82, 2.24) is 5.01 Å². The van der Waals surface area contributed by atoms with E-state index in [1.807, 2.05) is 17.5 Å².